The van der Waals surface area contributed by atoms with E-state index < -0.39 is 18.2 Å². The minimum absolute atomic E-state index is 0.00467. The fourth-order valence-electron chi connectivity index (χ4n) is 6.25. The van der Waals surface area contributed by atoms with Crippen LogP contribution >= 0.6 is 0 Å². The number of likely N-dealkylation sites (tertiary alicyclic amines) is 1. The van der Waals surface area contributed by atoms with Gasteiger partial charge in [0.05, 0.1) is 6.10 Å². The number of aliphatic hydroxyl groups excluding tert-OH is 1. The van der Waals surface area contributed by atoms with E-state index in [1.807, 2.05) is 42.5 Å². The van der Waals surface area contributed by atoms with E-state index in [-0.39, 0.29) is 42.1 Å². The Balaban J connectivity index is 1.45. The summed E-state index contributed by atoms with van der Waals surface area (Å²) in [5.41, 5.74) is 6.65. The SMILES string of the molecule is CC(C)(C)C1CCC(C(=O)N2CCCC2C(=O)N[C@H](Cc2ccc3ccccc3c2)C(=O)NCC(O)CN)CC1. The van der Waals surface area contributed by atoms with E-state index in [4.69, 9.17) is 5.73 Å². The van der Waals surface area contributed by atoms with Gasteiger partial charge in [0.1, 0.15) is 12.1 Å². The zero-order valence-electron chi connectivity index (χ0n) is 24.2. The first-order valence-electron chi connectivity index (χ1n) is 14.8. The van der Waals surface area contributed by atoms with Crippen LogP contribution in [-0.4, -0.2) is 65.5 Å². The van der Waals surface area contributed by atoms with Crippen LogP contribution in [0.2, 0.25) is 0 Å². The summed E-state index contributed by atoms with van der Waals surface area (Å²) in [5.74, 6) is -0.0330. The average molecular weight is 551 g/mol. The van der Waals surface area contributed by atoms with Crippen molar-refractivity contribution in [2.24, 2.45) is 23.0 Å². The number of carbonyl (C=O) groups is 3. The van der Waals surface area contributed by atoms with Gasteiger partial charge in [0.2, 0.25) is 17.7 Å². The van der Waals surface area contributed by atoms with Crippen molar-refractivity contribution in [1.82, 2.24) is 15.5 Å². The Morgan fingerprint density at radius 1 is 1.02 bits per heavy atom. The van der Waals surface area contributed by atoms with Gasteiger partial charge >= 0.3 is 0 Å². The number of hydrogen-bond acceptors (Lipinski definition) is 5. The van der Waals surface area contributed by atoms with Gasteiger partial charge in [0, 0.05) is 32.0 Å². The predicted octanol–water partition coefficient (Wildman–Crippen LogP) is 3.15. The minimum Gasteiger partial charge on any atom is -0.390 e. The van der Waals surface area contributed by atoms with Gasteiger partial charge < -0.3 is 26.4 Å². The summed E-state index contributed by atoms with van der Waals surface area (Å²) < 4.78 is 0. The molecule has 1 aliphatic carbocycles. The Kier molecular flexibility index (Phi) is 9.85. The molecule has 2 aromatic carbocycles. The number of nitrogens with two attached hydrogens (primary N) is 1. The van der Waals surface area contributed by atoms with Crippen LogP contribution in [0.25, 0.3) is 10.8 Å². The molecule has 1 saturated carbocycles. The van der Waals surface area contributed by atoms with Gasteiger partial charge in [-0.3, -0.25) is 14.4 Å². The maximum absolute atomic E-state index is 13.6. The molecule has 4 rings (SSSR count). The van der Waals surface area contributed by atoms with E-state index in [1.165, 1.54) is 0 Å². The zero-order valence-corrected chi connectivity index (χ0v) is 24.2. The van der Waals surface area contributed by atoms with Crippen molar-refractivity contribution in [3.63, 3.8) is 0 Å². The molecule has 40 heavy (non-hydrogen) atoms. The van der Waals surface area contributed by atoms with Crippen LogP contribution in [0, 0.1) is 17.3 Å². The molecular formula is C32H46N4O4. The second-order valence-corrected chi connectivity index (χ2v) is 12.7. The molecule has 0 spiro atoms. The normalized spacial score (nSPS) is 23.0. The number of amides is 3. The molecule has 0 bridgehead atoms. The highest BCUT2D eigenvalue weighted by Gasteiger charge is 2.40. The van der Waals surface area contributed by atoms with Gasteiger partial charge in [0.15, 0.2) is 0 Å². The third kappa shape index (κ3) is 7.40. The number of benzene rings is 2. The minimum atomic E-state index is -0.864. The molecule has 2 aliphatic rings. The topological polar surface area (TPSA) is 125 Å². The first-order chi connectivity index (χ1) is 19.1. The van der Waals surface area contributed by atoms with Gasteiger partial charge in [-0.2, -0.15) is 0 Å². The number of aliphatic hydroxyl groups is 1. The molecular weight excluding hydrogens is 504 g/mol. The molecule has 3 amide bonds. The van der Waals surface area contributed by atoms with Crippen LogP contribution in [0.5, 0.6) is 0 Å². The smallest absolute Gasteiger partial charge is 0.243 e. The molecule has 8 heteroatoms. The van der Waals surface area contributed by atoms with Crippen LogP contribution < -0.4 is 16.4 Å². The molecule has 8 nitrogen and oxygen atoms in total. The second-order valence-electron chi connectivity index (χ2n) is 12.7. The Bertz CT molecular complexity index is 1180. The summed E-state index contributed by atoms with van der Waals surface area (Å²) in [7, 11) is 0. The van der Waals surface area contributed by atoms with E-state index >= 15 is 0 Å². The molecule has 2 aromatic rings. The Morgan fingerprint density at radius 3 is 2.40 bits per heavy atom. The first-order valence-corrected chi connectivity index (χ1v) is 14.8. The van der Waals surface area contributed by atoms with Crippen LogP contribution in [0.3, 0.4) is 0 Å². The van der Waals surface area contributed by atoms with E-state index in [1.54, 1.807) is 4.90 Å². The average Bonchev–Trinajstić information content (AvgIpc) is 3.44. The van der Waals surface area contributed by atoms with Gasteiger partial charge in [0.25, 0.3) is 0 Å². The number of carbonyl (C=O) groups excluding carboxylic acids is 3. The maximum Gasteiger partial charge on any atom is 0.243 e. The Labute approximate surface area is 238 Å². The summed E-state index contributed by atoms with van der Waals surface area (Å²) in [6.07, 6.45) is 4.58. The van der Waals surface area contributed by atoms with Gasteiger partial charge in [-0.25, -0.2) is 0 Å². The number of fused-ring (bicyclic) bond motifs is 1. The molecule has 2 unspecified atom stereocenters. The largest absolute Gasteiger partial charge is 0.390 e. The number of rotatable bonds is 9. The third-order valence-corrected chi connectivity index (χ3v) is 8.81. The monoisotopic (exact) mass is 550 g/mol. The van der Waals surface area contributed by atoms with Crippen molar-refractivity contribution in [2.45, 2.75) is 83.9 Å². The second kappa shape index (κ2) is 13.1. The standard InChI is InChI=1S/C32H46N4O4/c1-32(2,3)25-14-12-23(13-15-25)31(40)36-16-6-9-28(36)30(39)35-27(29(38)34-20-26(37)19-33)18-21-10-11-22-7-4-5-8-24(22)17-21/h4-5,7-8,10-11,17,23,25-28,37H,6,9,12-16,18-20,33H2,1-3H3,(H,34,38)(H,35,39)/t23?,25?,26?,27-,28?/m1/s1. The molecule has 0 aromatic heterocycles. The molecule has 1 aliphatic heterocycles. The van der Waals surface area contributed by atoms with Crippen LogP contribution in [0.4, 0.5) is 0 Å². The van der Waals surface area contributed by atoms with Crippen molar-refractivity contribution in [3.05, 3.63) is 48.0 Å². The Morgan fingerprint density at radius 2 is 1.73 bits per heavy atom. The fourth-order valence-corrected chi connectivity index (χ4v) is 6.25. The quantitative estimate of drug-likeness (QED) is 0.382. The fraction of sp³-hybridized carbons (Fsp3) is 0.594. The summed E-state index contributed by atoms with van der Waals surface area (Å²) in [4.78, 5) is 42.1. The molecule has 3 atom stereocenters. The van der Waals surface area contributed by atoms with E-state index in [9.17, 15) is 19.5 Å². The molecule has 0 radical (unpaired) electrons. The maximum atomic E-state index is 13.6. The summed E-state index contributed by atoms with van der Waals surface area (Å²) in [6.45, 7) is 7.40. The summed E-state index contributed by atoms with van der Waals surface area (Å²) in [5, 5.41) is 17.7. The lowest BCUT2D eigenvalue weighted by atomic mass is 9.69. The lowest BCUT2D eigenvalue weighted by Gasteiger charge is -2.38. The van der Waals surface area contributed by atoms with Crippen molar-refractivity contribution < 1.29 is 19.5 Å². The lowest BCUT2D eigenvalue weighted by Crippen LogP contribution is -2.55. The molecule has 1 heterocycles. The lowest BCUT2D eigenvalue weighted by molar-refractivity contribution is -0.143. The van der Waals surface area contributed by atoms with Crippen molar-refractivity contribution in [2.75, 3.05) is 19.6 Å². The van der Waals surface area contributed by atoms with E-state index in [0.29, 0.717) is 25.3 Å². The number of hydrogen-bond donors (Lipinski definition) is 4. The highest BCUT2D eigenvalue weighted by molar-refractivity contribution is 5.93. The van der Waals surface area contributed by atoms with Crippen molar-refractivity contribution in [1.29, 1.82) is 0 Å². The van der Waals surface area contributed by atoms with Crippen molar-refractivity contribution in [3.8, 4) is 0 Å². The molecule has 1 saturated heterocycles. The van der Waals surface area contributed by atoms with E-state index in [2.05, 4.69) is 31.4 Å². The van der Waals surface area contributed by atoms with Crippen molar-refractivity contribution >= 4 is 28.5 Å². The third-order valence-electron chi connectivity index (χ3n) is 8.81. The predicted molar refractivity (Wildman–Crippen MR) is 157 cm³/mol. The van der Waals surface area contributed by atoms with Crippen LogP contribution in [0.1, 0.15) is 64.9 Å². The number of nitrogens with zero attached hydrogens (tertiary/aromatic N) is 1. The van der Waals surface area contributed by atoms with Gasteiger partial charge in [-0.1, -0.05) is 63.2 Å². The van der Waals surface area contributed by atoms with Crippen LogP contribution in [0.15, 0.2) is 42.5 Å². The van der Waals surface area contributed by atoms with Gasteiger partial charge in [-0.15, -0.1) is 0 Å². The van der Waals surface area contributed by atoms with Crippen LogP contribution in [-0.2, 0) is 20.8 Å². The molecule has 2 fully saturated rings. The van der Waals surface area contributed by atoms with E-state index in [0.717, 1.165) is 48.4 Å². The first kappa shape index (κ1) is 30.0. The van der Waals surface area contributed by atoms with Gasteiger partial charge in [-0.05, 0) is 66.2 Å². The highest BCUT2D eigenvalue weighted by Crippen LogP contribution is 2.40. The molecule has 218 valence electrons. The Hall–Kier alpha value is -2.97. The summed E-state index contributed by atoms with van der Waals surface area (Å²) >= 11 is 0. The highest BCUT2D eigenvalue weighted by atomic mass is 16.3. The number of nitrogens with one attached hydrogen (secondary N) is 2. The zero-order chi connectivity index (χ0) is 28.9. The summed E-state index contributed by atoms with van der Waals surface area (Å²) in [6, 6.07) is 12.6. The molecule has 5 N–H and O–H groups in total.